The normalized spacial score (nSPS) is 21.0. The molecule has 0 amide bonds. The van der Waals surface area contributed by atoms with Gasteiger partial charge in [0.05, 0.1) is 18.4 Å². The van der Waals surface area contributed by atoms with E-state index in [4.69, 9.17) is 4.74 Å². The van der Waals surface area contributed by atoms with Gasteiger partial charge in [0.25, 0.3) is 0 Å². The third-order valence-corrected chi connectivity index (χ3v) is 5.33. The van der Waals surface area contributed by atoms with Crippen molar-refractivity contribution in [1.29, 1.82) is 0 Å². The third-order valence-electron chi connectivity index (χ3n) is 5.33. The maximum atomic E-state index is 12.1. The molecule has 0 fully saturated rings. The quantitative estimate of drug-likeness (QED) is 0.275. The van der Waals surface area contributed by atoms with Crippen LogP contribution < -0.4 is 0 Å². The van der Waals surface area contributed by atoms with Gasteiger partial charge in [0, 0.05) is 0 Å². The Labute approximate surface area is 153 Å². The van der Waals surface area contributed by atoms with Gasteiger partial charge in [-0.1, -0.05) is 77.4 Å². The molecule has 0 saturated carbocycles. The lowest BCUT2D eigenvalue weighted by atomic mass is 9.83. The van der Waals surface area contributed by atoms with Crippen molar-refractivity contribution in [1.82, 2.24) is 0 Å². The van der Waals surface area contributed by atoms with E-state index in [0.717, 1.165) is 18.8 Å². The molecule has 0 bridgehead atoms. The third kappa shape index (κ3) is 9.08. The average Bonchev–Trinajstić information content (AvgIpc) is 2.62. The highest BCUT2D eigenvalue weighted by atomic mass is 16.5. The zero-order valence-corrected chi connectivity index (χ0v) is 16.0. The van der Waals surface area contributed by atoms with Crippen LogP contribution in [0, 0.1) is 17.8 Å². The number of esters is 1. The van der Waals surface area contributed by atoms with Gasteiger partial charge in [0.1, 0.15) is 0 Å². The molecule has 144 valence electrons. The standard InChI is InChI=1S/C21H36O4/c1-3-17(2)13-9-7-5-4-6-8-12-16-25-21(24)19-15-11-10-14-18(19)20(22)23/h10-11,17-19H,3-9,12-16H2,1-2H3,(H,22,23). The summed E-state index contributed by atoms with van der Waals surface area (Å²) < 4.78 is 5.31. The van der Waals surface area contributed by atoms with Crippen molar-refractivity contribution in [3.63, 3.8) is 0 Å². The van der Waals surface area contributed by atoms with Crippen molar-refractivity contribution >= 4 is 11.9 Å². The molecule has 1 aliphatic rings. The van der Waals surface area contributed by atoms with Gasteiger partial charge in [0.2, 0.25) is 0 Å². The molecular formula is C21H36O4. The minimum atomic E-state index is -0.903. The number of carboxylic acids is 1. The minimum absolute atomic E-state index is 0.346. The summed E-state index contributed by atoms with van der Waals surface area (Å²) in [5, 5.41) is 9.19. The maximum Gasteiger partial charge on any atom is 0.310 e. The Hall–Kier alpha value is -1.32. The Kier molecular flexibility index (Phi) is 11.3. The number of hydrogen-bond donors (Lipinski definition) is 1. The lowest BCUT2D eigenvalue weighted by Gasteiger charge is -2.23. The molecule has 0 heterocycles. The second kappa shape index (κ2) is 13.0. The Balaban J connectivity index is 2.01. The van der Waals surface area contributed by atoms with Gasteiger partial charge in [0.15, 0.2) is 0 Å². The number of aliphatic carboxylic acids is 1. The van der Waals surface area contributed by atoms with Gasteiger partial charge in [-0.25, -0.2) is 0 Å². The Morgan fingerprint density at radius 2 is 1.56 bits per heavy atom. The molecule has 25 heavy (non-hydrogen) atoms. The molecule has 0 aromatic rings. The summed E-state index contributed by atoms with van der Waals surface area (Å²) in [6.45, 7) is 4.99. The molecule has 4 nitrogen and oxygen atoms in total. The Morgan fingerprint density at radius 3 is 2.16 bits per heavy atom. The van der Waals surface area contributed by atoms with Gasteiger partial charge >= 0.3 is 11.9 Å². The fourth-order valence-corrected chi connectivity index (χ4v) is 3.31. The minimum Gasteiger partial charge on any atom is -0.481 e. The van der Waals surface area contributed by atoms with Crippen LogP contribution in [0.25, 0.3) is 0 Å². The number of rotatable bonds is 13. The van der Waals surface area contributed by atoms with Crippen LogP contribution in [0.15, 0.2) is 12.2 Å². The molecule has 0 spiro atoms. The van der Waals surface area contributed by atoms with Crippen LogP contribution in [0.3, 0.4) is 0 Å². The van der Waals surface area contributed by atoms with Crippen LogP contribution in [0.1, 0.15) is 84.5 Å². The van der Waals surface area contributed by atoms with E-state index in [1.54, 1.807) is 0 Å². The number of carboxylic acid groups (broad SMARTS) is 1. The molecule has 3 atom stereocenters. The number of hydrogen-bond acceptors (Lipinski definition) is 3. The molecule has 1 rings (SSSR count). The SMILES string of the molecule is CCC(C)CCCCCCCCCOC(=O)C1CC=CCC1C(=O)O. The predicted octanol–water partition coefficient (Wildman–Crippen LogP) is 5.36. The maximum absolute atomic E-state index is 12.1. The number of carbonyl (C=O) groups excluding carboxylic acids is 1. The fraction of sp³-hybridized carbons (Fsp3) is 0.810. The number of unbranched alkanes of at least 4 members (excludes halogenated alkanes) is 6. The van der Waals surface area contributed by atoms with Crippen molar-refractivity contribution in [2.24, 2.45) is 17.8 Å². The molecule has 1 aliphatic carbocycles. The van der Waals surface area contributed by atoms with E-state index in [1.807, 2.05) is 12.2 Å². The number of allylic oxidation sites excluding steroid dienone is 2. The first kappa shape index (κ1) is 21.7. The summed E-state index contributed by atoms with van der Waals surface area (Å²) >= 11 is 0. The fourth-order valence-electron chi connectivity index (χ4n) is 3.31. The second-order valence-corrected chi connectivity index (χ2v) is 7.44. The average molecular weight is 353 g/mol. The van der Waals surface area contributed by atoms with Crippen LogP contribution >= 0.6 is 0 Å². The van der Waals surface area contributed by atoms with E-state index in [2.05, 4.69) is 13.8 Å². The highest BCUT2D eigenvalue weighted by molar-refractivity contribution is 5.81. The first-order valence-corrected chi connectivity index (χ1v) is 10.1. The van der Waals surface area contributed by atoms with Gasteiger partial charge in [-0.05, 0) is 25.2 Å². The monoisotopic (exact) mass is 352 g/mol. The zero-order chi connectivity index (χ0) is 18.5. The molecule has 0 aliphatic heterocycles. The molecule has 0 saturated heterocycles. The number of carbonyl (C=O) groups is 2. The van der Waals surface area contributed by atoms with Crippen molar-refractivity contribution in [2.75, 3.05) is 6.61 Å². The zero-order valence-electron chi connectivity index (χ0n) is 16.0. The lowest BCUT2D eigenvalue weighted by Crippen LogP contribution is -2.32. The van der Waals surface area contributed by atoms with Crippen LogP contribution in [-0.2, 0) is 14.3 Å². The summed E-state index contributed by atoms with van der Waals surface area (Å²) in [4.78, 5) is 23.3. The van der Waals surface area contributed by atoms with Crippen molar-refractivity contribution < 1.29 is 19.4 Å². The summed E-state index contributed by atoms with van der Waals surface area (Å²) in [6.07, 6.45) is 15.6. The van der Waals surface area contributed by atoms with Gasteiger partial charge in [-0.15, -0.1) is 0 Å². The van der Waals surface area contributed by atoms with E-state index in [-0.39, 0.29) is 5.97 Å². The topological polar surface area (TPSA) is 63.6 Å². The molecular weight excluding hydrogens is 316 g/mol. The summed E-state index contributed by atoms with van der Waals surface area (Å²) in [5.74, 6) is -1.54. The van der Waals surface area contributed by atoms with Crippen LogP contribution in [0.2, 0.25) is 0 Å². The van der Waals surface area contributed by atoms with E-state index < -0.39 is 17.8 Å². The van der Waals surface area contributed by atoms with Crippen LogP contribution in [-0.4, -0.2) is 23.7 Å². The Bertz CT molecular complexity index is 416. The molecule has 0 radical (unpaired) electrons. The van der Waals surface area contributed by atoms with E-state index >= 15 is 0 Å². The van der Waals surface area contributed by atoms with E-state index in [0.29, 0.717) is 19.4 Å². The van der Waals surface area contributed by atoms with Gasteiger partial charge < -0.3 is 9.84 Å². The van der Waals surface area contributed by atoms with E-state index in [1.165, 1.54) is 44.9 Å². The van der Waals surface area contributed by atoms with Crippen molar-refractivity contribution in [3.05, 3.63) is 12.2 Å². The van der Waals surface area contributed by atoms with Crippen LogP contribution in [0.4, 0.5) is 0 Å². The second-order valence-electron chi connectivity index (χ2n) is 7.44. The summed E-state index contributed by atoms with van der Waals surface area (Å²) in [6, 6.07) is 0. The number of ether oxygens (including phenoxy) is 1. The highest BCUT2D eigenvalue weighted by Crippen LogP contribution is 2.27. The molecule has 3 unspecified atom stereocenters. The smallest absolute Gasteiger partial charge is 0.310 e. The molecule has 0 aromatic heterocycles. The van der Waals surface area contributed by atoms with Gasteiger partial charge in [-0.3, -0.25) is 9.59 Å². The van der Waals surface area contributed by atoms with Crippen molar-refractivity contribution in [3.8, 4) is 0 Å². The molecule has 1 N–H and O–H groups in total. The summed E-state index contributed by atoms with van der Waals surface area (Å²) in [5.41, 5.74) is 0. The first-order valence-electron chi connectivity index (χ1n) is 10.1. The largest absolute Gasteiger partial charge is 0.481 e. The summed E-state index contributed by atoms with van der Waals surface area (Å²) in [7, 11) is 0. The van der Waals surface area contributed by atoms with E-state index in [9.17, 15) is 14.7 Å². The first-order chi connectivity index (χ1) is 12.1. The lowest BCUT2D eigenvalue weighted by molar-refractivity contribution is -0.158. The molecule has 0 aromatic carbocycles. The van der Waals surface area contributed by atoms with Crippen molar-refractivity contribution in [2.45, 2.75) is 84.5 Å². The van der Waals surface area contributed by atoms with Gasteiger partial charge in [-0.2, -0.15) is 0 Å². The molecule has 4 heteroatoms. The highest BCUT2D eigenvalue weighted by Gasteiger charge is 2.34. The Morgan fingerprint density at radius 1 is 1.00 bits per heavy atom. The predicted molar refractivity (Wildman–Crippen MR) is 100 cm³/mol. The van der Waals surface area contributed by atoms with Crippen LogP contribution in [0.5, 0.6) is 0 Å².